The molecule has 0 spiro atoms. The fraction of sp³-hybridized carbons (Fsp3) is 0.361. The molecule has 47 heavy (non-hydrogen) atoms. The number of aliphatic imine (C=N–C) groups is 1. The topological polar surface area (TPSA) is 84.0 Å². The molecule has 2 aromatic carbocycles. The van der Waals surface area contributed by atoms with E-state index in [2.05, 4.69) is 14.9 Å². The summed E-state index contributed by atoms with van der Waals surface area (Å²) in [6, 6.07) is 16.1. The molecule has 5 rings (SSSR count). The van der Waals surface area contributed by atoms with Gasteiger partial charge >= 0.3 is 6.18 Å². The number of likely N-dealkylation sites (tertiary alicyclic amines) is 2. The zero-order valence-corrected chi connectivity index (χ0v) is 26.3. The van der Waals surface area contributed by atoms with Crippen molar-refractivity contribution in [2.75, 3.05) is 45.5 Å². The highest BCUT2D eigenvalue weighted by atomic mass is 19.4. The number of anilines is 1. The van der Waals surface area contributed by atoms with Gasteiger partial charge in [0.25, 0.3) is 0 Å². The van der Waals surface area contributed by atoms with E-state index in [9.17, 15) is 22.4 Å². The summed E-state index contributed by atoms with van der Waals surface area (Å²) in [4.78, 5) is 24.5. The van der Waals surface area contributed by atoms with Crippen LogP contribution in [0.3, 0.4) is 0 Å². The highest BCUT2D eigenvalue weighted by Crippen LogP contribution is 2.40. The molecular weight excluding hydrogens is 610 g/mol. The van der Waals surface area contributed by atoms with E-state index in [0.717, 1.165) is 45.3 Å². The molecule has 248 valence electrons. The van der Waals surface area contributed by atoms with Crippen LogP contribution in [0, 0.1) is 0 Å². The lowest BCUT2D eigenvalue weighted by Gasteiger charge is -2.31. The van der Waals surface area contributed by atoms with E-state index >= 15 is 0 Å². The molecule has 3 aromatic rings. The Morgan fingerprint density at radius 2 is 1.77 bits per heavy atom. The lowest BCUT2D eigenvalue weighted by Crippen LogP contribution is -2.41. The first-order valence-corrected chi connectivity index (χ1v) is 15.8. The minimum atomic E-state index is -4.52. The Kier molecular flexibility index (Phi) is 11.1. The maximum Gasteiger partial charge on any atom is 0.393 e. The molecule has 0 saturated carbocycles. The van der Waals surface area contributed by atoms with Gasteiger partial charge in [0.1, 0.15) is 6.10 Å². The highest BCUT2D eigenvalue weighted by Gasteiger charge is 2.32. The second-order valence-corrected chi connectivity index (χ2v) is 11.8. The number of pyridine rings is 1. The highest BCUT2D eigenvalue weighted by molar-refractivity contribution is 6.03. The number of alkyl halides is 3. The number of allylic oxidation sites excluding steroid dienone is 1. The fourth-order valence-electron chi connectivity index (χ4n) is 6.09. The monoisotopic (exact) mass is 649 g/mol. The minimum absolute atomic E-state index is 0.00746. The molecule has 1 atom stereocenters. The van der Waals surface area contributed by atoms with Crippen molar-refractivity contribution in [2.45, 2.75) is 44.4 Å². The Morgan fingerprint density at radius 3 is 2.45 bits per heavy atom. The molecule has 11 heteroatoms. The quantitative estimate of drug-likeness (QED) is 0.0846. The van der Waals surface area contributed by atoms with E-state index in [1.165, 1.54) is 25.4 Å². The van der Waals surface area contributed by atoms with Crippen LogP contribution in [0.2, 0.25) is 0 Å². The number of carbonyl (C=O) groups excluding carboxylic acids is 1. The normalized spacial score (nSPS) is 18.4. The number of nitrogens with zero attached hydrogens (tertiary/aromatic N) is 4. The molecule has 2 fully saturated rings. The first kappa shape index (κ1) is 33.8. The second-order valence-electron chi connectivity index (χ2n) is 11.8. The standard InChI is InChI=1S/C36H39F4N5O2/c1-42-35(37)29-21-26(13-15-31(29)41)34(30(22-36(38,39)40)25-9-3-2-4-10-25)27-14-16-32(43-23-27)47-28-11-7-17-44(24-28)18-8-12-33(46)45-19-5-6-20-45/h2-4,8-10,12-16,21,23,28H,5-7,11,17-20,22,24,41H2,1H3/b12-8+,34-30-,42-35?/t28-/m1/s1. The number of amides is 1. The summed E-state index contributed by atoms with van der Waals surface area (Å²) in [7, 11) is 1.28. The number of aromatic nitrogens is 1. The van der Waals surface area contributed by atoms with Crippen LogP contribution in [0.15, 0.2) is 84.0 Å². The molecule has 0 bridgehead atoms. The summed E-state index contributed by atoms with van der Waals surface area (Å²) < 4.78 is 63.0. The van der Waals surface area contributed by atoms with E-state index < -0.39 is 18.6 Å². The number of benzene rings is 2. The van der Waals surface area contributed by atoms with E-state index in [4.69, 9.17) is 10.5 Å². The van der Waals surface area contributed by atoms with Crippen LogP contribution >= 0.6 is 0 Å². The van der Waals surface area contributed by atoms with Crippen molar-refractivity contribution in [3.63, 3.8) is 0 Å². The number of ether oxygens (including phenoxy) is 1. The number of nitrogen functional groups attached to an aromatic ring is 1. The Labute approximate surface area is 272 Å². The summed E-state index contributed by atoms with van der Waals surface area (Å²) in [5.41, 5.74) is 7.50. The number of nitrogens with two attached hydrogens (primary N) is 1. The fourth-order valence-corrected chi connectivity index (χ4v) is 6.09. The molecule has 3 heterocycles. The number of carbonyl (C=O) groups is 1. The van der Waals surface area contributed by atoms with Crippen molar-refractivity contribution < 1.29 is 27.1 Å². The van der Waals surface area contributed by atoms with Gasteiger partial charge in [0, 0.05) is 62.8 Å². The van der Waals surface area contributed by atoms with Crippen LogP contribution in [0.5, 0.6) is 5.88 Å². The van der Waals surface area contributed by atoms with E-state index in [-0.39, 0.29) is 34.4 Å². The molecule has 2 aliphatic heterocycles. The van der Waals surface area contributed by atoms with Gasteiger partial charge in [-0.3, -0.25) is 14.7 Å². The van der Waals surface area contributed by atoms with Crippen molar-refractivity contribution in [3.8, 4) is 5.88 Å². The molecule has 2 saturated heterocycles. The molecule has 0 unspecified atom stereocenters. The van der Waals surface area contributed by atoms with Gasteiger partial charge in [-0.1, -0.05) is 42.5 Å². The number of hydrogen-bond acceptors (Lipinski definition) is 6. The van der Waals surface area contributed by atoms with Crippen molar-refractivity contribution in [1.29, 1.82) is 0 Å². The van der Waals surface area contributed by atoms with Crippen LogP contribution in [-0.4, -0.2) is 78.7 Å². The van der Waals surface area contributed by atoms with Gasteiger partial charge < -0.3 is 15.4 Å². The molecule has 1 amide bonds. The van der Waals surface area contributed by atoms with Crippen LogP contribution in [0.4, 0.5) is 23.2 Å². The predicted molar refractivity (Wildman–Crippen MR) is 177 cm³/mol. The van der Waals surface area contributed by atoms with Crippen LogP contribution in [-0.2, 0) is 4.79 Å². The lowest BCUT2D eigenvalue weighted by atomic mass is 9.87. The Hall–Kier alpha value is -4.51. The molecule has 1 aromatic heterocycles. The summed E-state index contributed by atoms with van der Waals surface area (Å²) in [6.07, 6.45) is 2.99. The smallest absolute Gasteiger partial charge is 0.393 e. The van der Waals surface area contributed by atoms with Gasteiger partial charge in [-0.25, -0.2) is 4.98 Å². The lowest BCUT2D eigenvalue weighted by molar-refractivity contribution is -0.125. The average molecular weight is 650 g/mol. The van der Waals surface area contributed by atoms with Gasteiger partial charge in [-0.15, -0.1) is 0 Å². The first-order valence-electron chi connectivity index (χ1n) is 15.8. The van der Waals surface area contributed by atoms with Gasteiger partial charge in [0.15, 0.2) is 0 Å². The molecule has 0 radical (unpaired) electrons. The zero-order valence-electron chi connectivity index (χ0n) is 26.3. The van der Waals surface area contributed by atoms with Crippen molar-refractivity contribution in [2.24, 2.45) is 4.99 Å². The maximum absolute atomic E-state index is 14.7. The van der Waals surface area contributed by atoms with Gasteiger partial charge in [0.05, 0.1) is 12.0 Å². The Balaban J connectivity index is 1.40. The largest absolute Gasteiger partial charge is 0.473 e. The van der Waals surface area contributed by atoms with E-state index in [1.807, 2.05) is 11.0 Å². The second kappa shape index (κ2) is 15.4. The Bertz CT molecular complexity index is 1610. The number of hydrogen-bond donors (Lipinski definition) is 1. The summed E-state index contributed by atoms with van der Waals surface area (Å²) in [6.45, 7) is 3.80. The SMILES string of the molecule is CN=C(F)c1cc(/C(=C(\CC(F)(F)F)c2ccccc2)c2ccc(O[C@@H]3CCCN(C/C=C/C(=O)N4CCCC4)C3)nc2)ccc1N. The Morgan fingerprint density at radius 1 is 1.02 bits per heavy atom. The molecule has 0 aliphatic carbocycles. The zero-order chi connectivity index (χ0) is 33.4. The van der Waals surface area contributed by atoms with Gasteiger partial charge in [-0.05, 0) is 72.7 Å². The maximum atomic E-state index is 14.7. The number of piperidine rings is 1. The predicted octanol–water partition coefficient (Wildman–Crippen LogP) is 6.94. The number of halogens is 4. The third-order valence-corrected chi connectivity index (χ3v) is 8.38. The van der Waals surface area contributed by atoms with Gasteiger partial charge in [0.2, 0.25) is 17.8 Å². The summed E-state index contributed by atoms with van der Waals surface area (Å²) >= 11 is 0. The molecule has 2 N–H and O–H groups in total. The van der Waals surface area contributed by atoms with Crippen molar-refractivity contribution in [1.82, 2.24) is 14.8 Å². The summed E-state index contributed by atoms with van der Waals surface area (Å²) in [5.74, 6) is -0.425. The van der Waals surface area contributed by atoms with Crippen LogP contribution in [0.25, 0.3) is 11.1 Å². The average Bonchev–Trinajstić information content (AvgIpc) is 3.61. The first-order chi connectivity index (χ1) is 22.6. The van der Waals surface area contributed by atoms with Crippen molar-refractivity contribution in [3.05, 3.63) is 101 Å². The molecule has 7 nitrogen and oxygen atoms in total. The minimum Gasteiger partial charge on any atom is -0.473 e. The van der Waals surface area contributed by atoms with Crippen molar-refractivity contribution >= 4 is 28.7 Å². The summed E-state index contributed by atoms with van der Waals surface area (Å²) in [5, 5.41) is 0. The molecule has 2 aliphatic rings. The molecular formula is C36H39F4N5O2. The van der Waals surface area contributed by atoms with Gasteiger partial charge in [-0.2, -0.15) is 17.6 Å². The van der Waals surface area contributed by atoms with Crippen LogP contribution in [0.1, 0.15) is 54.4 Å². The van der Waals surface area contributed by atoms with Crippen LogP contribution < -0.4 is 10.5 Å². The van der Waals surface area contributed by atoms with E-state index in [1.54, 1.807) is 54.6 Å². The third kappa shape index (κ3) is 9.06. The third-order valence-electron chi connectivity index (χ3n) is 8.38. The number of rotatable bonds is 10. The van der Waals surface area contributed by atoms with E-state index in [0.29, 0.717) is 35.7 Å².